The highest BCUT2D eigenvalue weighted by molar-refractivity contribution is 5.82. The fourth-order valence-corrected chi connectivity index (χ4v) is 5.24. The Balaban J connectivity index is 1.37. The van der Waals surface area contributed by atoms with E-state index in [0.29, 0.717) is 36.2 Å². The molecule has 194 valence electrons. The highest BCUT2D eigenvalue weighted by Crippen LogP contribution is 2.35. The first-order chi connectivity index (χ1) is 17.6. The van der Waals surface area contributed by atoms with Crippen molar-refractivity contribution in [3.8, 4) is 22.3 Å². The van der Waals surface area contributed by atoms with Gasteiger partial charge in [0.25, 0.3) is 0 Å². The number of nitrogens with one attached hydrogen (secondary N) is 1. The van der Waals surface area contributed by atoms with Crippen LogP contribution in [0, 0.1) is 5.95 Å². The molecule has 0 spiro atoms. The number of halogens is 4. The van der Waals surface area contributed by atoms with Gasteiger partial charge in [0.1, 0.15) is 5.82 Å². The van der Waals surface area contributed by atoms with E-state index in [-0.39, 0.29) is 11.9 Å². The van der Waals surface area contributed by atoms with Crippen molar-refractivity contribution in [2.45, 2.75) is 25.1 Å². The summed E-state index contributed by atoms with van der Waals surface area (Å²) in [6.45, 7) is 5.11. The molecule has 0 radical (unpaired) electrons. The van der Waals surface area contributed by atoms with Gasteiger partial charge in [-0.3, -0.25) is 4.90 Å². The monoisotopic (exact) mass is 511 g/mol. The lowest BCUT2D eigenvalue weighted by Crippen LogP contribution is -2.40. The molecule has 1 atom stereocenters. The number of pyridine rings is 1. The Kier molecular flexibility index (Phi) is 6.58. The van der Waals surface area contributed by atoms with E-state index in [1.54, 1.807) is 6.07 Å². The van der Waals surface area contributed by atoms with Gasteiger partial charge in [-0.2, -0.15) is 17.6 Å². The zero-order chi connectivity index (χ0) is 26.3. The van der Waals surface area contributed by atoms with Crippen LogP contribution in [0.3, 0.4) is 0 Å². The minimum atomic E-state index is -4.22. The second-order valence-corrected chi connectivity index (χ2v) is 9.75. The fraction of sp³-hybridized carbons (Fsp3) is 0.321. The molecule has 37 heavy (non-hydrogen) atoms. The third-order valence-electron chi connectivity index (χ3n) is 7.24. The molecule has 5 nitrogen and oxygen atoms in total. The van der Waals surface area contributed by atoms with Crippen molar-refractivity contribution >= 4 is 17.2 Å². The van der Waals surface area contributed by atoms with Crippen LogP contribution in [0.5, 0.6) is 0 Å². The number of alkyl halides is 3. The molecule has 1 fully saturated rings. The smallest absolute Gasteiger partial charge is 0.385 e. The topological polar surface area (TPSA) is 57.4 Å². The van der Waals surface area contributed by atoms with Crippen molar-refractivity contribution in [3.63, 3.8) is 0 Å². The second kappa shape index (κ2) is 9.70. The Morgan fingerprint density at radius 2 is 1.81 bits per heavy atom. The molecule has 1 aromatic heterocycles. The Hall–Kier alpha value is -3.59. The van der Waals surface area contributed by atoms with Crippen molar-refractivity contribution in [2.24, 2.45) is 0 Å². The van der Waals surface area contributed by atoms with Crippen LogP contribution in [-0.2, 0) is 6.42 Å². The Morgan fingerprint density at radius 1 is 1.08 bits per heavy atom. The summed E-state index contributed by atoms with van der Waals surface area (Å²) in [6.07, 6.45) is -2.71. The molecular formula is C28H29F4N5. The van der Waals surface area contributed by atoms with Crippen LogP contribution in [0.4, 0.5) is 29.1 Å². The van der Waals surface area contributed by atoms with E-state index in [2.05, 4.69) is 27.8 Å². The van der Waals surface area contributed by atoms with Gasteiger partial charge in [-0.15, -0.1) is 0 Å². The van der Waals surface area contributed by atoms with Gasteiger partial charge < -0.3 is 16.0 Å². The number of nitrogens with zero attached hydrogens (tertiary/aromatic N) is 3. The van der Waals surface area contributed by atoms with Gasteiger partial charge in [0, 0.05) is 53.8 Å². The van der Waals surface area contributed by atoms with Crippen LogP contribution in [0.2, 0.25) is 0 Å². The second-order valence-electron chi connectivity index (χ2n) is 9.75. The van der Waals surface area contributed by atoms with E-state index in [4.69, 9.17) is 5.73 Å². The SMILES string of the molecule is C=C1NCCc2cc(-c3cc(-c4ccc(N5CCC(N(C)CC(F)(F)F)C5)cc4)c(F)nc3N)ccc21. The normalized spacial score (nSPS) is 17.7. The summed E-state index contributed by atoms with van der Waals surface area (Å²) >= 11 is 0. The van der Waals surface area contributed by atoms with Crippen LogP contribution in [0.1, 0.15) is 17.5 Å². The molecule has 2 aliphatic heterocycles. The van der Waals surface area contributed by atoms with Crippen molar-refractivity contribution in [2.75, 3.05) is 43.9 Å². The van der Waals surface area contributed by atoms with E-state index in [9.17, 15) is 17.6 Å². The molecule has 9 heteroatoms. The van der Waals surface area contributed by atoms with Crippen LogP contribution in [0.15, 0.2) is 55.1 Å². The van der Waals surface area contributed by atoms with E-state index in [1.807, 2.05) is 36.4 Å². The first-order valence-electron chi connectivity index (χ1n) is 12.2. The van der Waals surface area contributed by atoms with E-state index in [0.717, 1.165) is 41.0 Å². The first kappa shape index (κ1) is 25.1. The minimum Gasteiger partial charge on any atom is -0.385 e. The lowest BCUT2D eigenvalue weighted by atomic mass is 9.93. The molecule has 0 bridgehead atoms. The Morgan fingerprint density at radius 3 is 2.54 bits per heavy atom. The molecule has 5 rings (SSSR count). The number of fused-ring (bicyclic) bond motifs is 1. The molecular weight excluding hydrogens is 482 g/mol. The van der Waals surface area contributed by atoms with Crippen molar-refractivity contribution in [1.82, 2.24) is 15.2 Å². The summed E-state index contributed by atoms with van der Waals surface area (Å²) < 4.78 is 53.2. The molecule has 2 aromatic carbocycles. The van der Waals surface area contributed by atoms with Gasteiger partial charge in [-0.1, -0.05) is 36.9 Å². The average Bonchev–Trinajstić information content (AvgIpc) is 3.34. The van der Waals surface area contributed by atoms with Crippen molar-refractivity contribution in [1.29, 1.82) is 0 Å². The molecule has 1 saturated heterocycles. The molecule has 0 saturated carbocycles. The van der Waals surface area contributed by atoms with Crippen LogP contribution < -0.4 is 16.0 Å². The molecule has 3 aromatic rings. The largest absolute Gasteiger partial charge is 0.401 e. The summed E-state index contributed by atoms with van der Waals surface area (Å²) in [4.78, 5) is 7.40. The van der Waals surface area contributed by atoms with Crippen LogP contribution in [-0.4, -0.2) is 55.3 Å². The van der Waals surface area contributed by atoms with Crippen LogP contribution in [0.25, 0.3) is 28.0 Å². The molecule has 1 unspecified atom stereocenters. The molecule has 0 aliphatic carbocycles. The zero-order valence-electron chi connectivity index (χ0n) is 20.6. The number of anilines is 2. The number of nitrogen functional groups attached to an aromatic ring is 1. The van der Waals surface area contributed by atoms with Gasteiger partial charge in [0.15, 0.2) is 0 Å². The minimum absolute atomic E-state index is 0.122. The predicted octanol–water partition coefficient (Wildman–Crippen LogP) is 5.33. The first-order valence-corrected chi connectivity index (χ1v) is 12.2. The number of nitrogens with two attached hydrogens (primary N) is 1. The standard InChI is InChI=1S/C28H29F4N5/c1-17-23-8-5-19(13-20(23)9-11-34-17)25-14-24(26(29)35-27(25)33)18-3-6-21(7-4-18)37-12-10-22(15-37)36(2)16-28(30,31)32/h3-8,13-14,22,34H,1,9-12,15-16H2,2H3,(H2,33,35). The summed E-state index contributed by atoms with van der Waals surface area (Å²) in [6, 6.07) is 14.9. The van der Waals surface area contributed by atoms with Gasteiger partial charge >= 0.3 is 6.18 Å². The molecule has 3 N–H and O–H groups in total. The van der Waals surface area contributed by atoms with Crippen molar-refractivity contribution in [3.05, 3.63) is 72.2 Å². The number of hydrogen-bond donors (Lipinski definition) is 2. The maximum Gasteiger partial charge on any atom is 0.401 e. The highest BCUT2D eigenvalue weighted by Gasteiger charge is 2.34. The average molecular weight is 512 g/mol. The van der Waals surface area contributed by atoms with E-state index in [1.165, 1.54) is 11.9 Å². The zero-order valence-corrected chi connectivity index (χ0v) is 20.6. The third kappa shape index (κ3) is 5.27. The maximum absolute atomic E-state index is 14.9. The van der Waals surface area contributed by atoms with Gasteiger partial charge in [-0.05, 0) is 54.8 Å². The lowest BCUT2D eigenvalue weighted by molar-refractivity contribution is -0.146. The van der Waals surface area contributed by atoms with Gasteiger partial charge in [0.2, 0.25) is 5.95 Å². The van der Waals surface area contributed by atoms with Gasteiger partial charge in [-0.25, -0.2) is 4.98 Å². The Bertz CT molecular complexity index is 1320. The quantitative estimate of drug-likeness (QED) is 0.359. The highest BCUT2D eigenvalue weighted by atomic mass is 19.4. The summed E-state index contributed by atoms with van der Waals surface area (Å²) in [5.74, 6) is -0.531. The summed E-state index contributed by atoms with van der Waals surface area (Å²) in [5.41, 5.74) is 12.6. The predicted molar refractivity (Wildman–Crippen MR) is 140 cm³/mol. The fourth-order valence-electron chi connectivity index (χ4n) is 5.24. The number of likely N-dealkylation sites (N-methyl/N-ethyl adjacent to an activating group) is 1. The molecule has 3 heterocycles. The van der Waals surface area contributed by atoms with Gasteiger partial charge in [0.05, 0.1) is 6.54 Å². The van der Waals surface area contributed by atoms with E-state index < -0.39 is 18.7 Å². The summed E-state index contributed by atoms with van der Waals surface area (Å²) in [5, 5.41) is 3.26. The third-order valence-corrected chi connectivity index (χ3v) is 7.24. The maximum atomic E-state index is 14.9. The number of benzene rings is 2. The van der Waals surface area contributed by atoms with Crippen molar-refractivity contribution < 1.29 is 17.6 Å². The number of hydrogen-bond acceptors (Lipinski definition) is 5. The molecule has 2 aliphatic rings. The van der Waals surface area contributed by atoms with Crippen LogP contribution >= 0.6 is 0 Å². The lowest BCUT2D eigenvalue weighted by Gasteiger charge is -2.26. The Labute approximate surface area is 213 Å². The van der Waals surface area contributed by atoms with E-state index >= 15 is 0 Å². The number of aromatic nitrogens is 1. The molecule has 0 amide bonds. The summed E-state index contributed by atoms with van der Waals surface area (Å²) in [7, 11) is 1.51. The number of rotatable bonds is 5.